The number of amides is 1. The van der Waals surface area contributed by atoms with Crippen molar-refractivity contribution in [3.8, 4) is 0 Å². The molecule has 128 valence electrons. The van der Waals surface area contributed by atoms with E-state index in [4.69, 9.17) is 4.74 Å². The van der Waals surface area contributed by atoms with E-state index in [-0.39, 0.29) is 18.9 Å². The van der Waals surface area contributed by atoms with Crippen LogP contribution in [0.5, 0.6) is 0 Å². The topological polar surface area (TPSA) is 38.3 Å². The summed E-state index contributed by atoms with van der Waals surface area (Å²) in [5.41, 5.74) is 2.45. The molecule has 0 fully saturated rings. The van der Waals surface area contributed by atoms with Gasteiger partial charge in [-0.15, -0.1) is 0 Å². The highest BCUT2D eigenvalue weighted by Gasteiger charge is 2.30. The molecule has 1 N–H and O–H groups in total. The van der Waals surface area contributed by atoms with Gasteiger partial charge in [0, 0.05) is 5.69 Å². The van der Waals surface area contributed by atoms with Crippen molar-refractivity contribution in [2.75, 3.05) is 11.9 Å². The fourth-order valence-corrected chi connectivity index (χ4v) is 2.23. The first-order chi connectivity index (χ1) is 11.3. The lowest BCUT2D eigenvalue weighted by Crippen LogP contribution is -2.18. The molecule has 0 saturated heterocycles. The molecule has 0 aliphatic rings. The van der Waals surface area contributed by atoms with Gasteiger partial charge in [-0.3, -0.25) is 4.79 Å². The van der Waals surface area contributed by atoms with E-state index in [1.54, 1.807) is 0 Å². The second-order valence-electron chi connectivity index (χ2n) is 5.55. The van der Waals surface area contributed by atoms with Crippen LogP contribution in [0.2, 0.25) is 0 Å². The predicted molar refractivity (Wildman–Crippen MR) is 85.6 cm³/mol. The molecule has 0 bridgehead atoms. The summed E-state index contributed by atoms with van der Waals surface area (Å²) in [5, 5.41) is 2.40. The van der Waals surface area contributed by atoms with Crippen molar-refractivity contribution in [3.05, 3.63) is 64.7 Å². The summed E-state index contributed by atoms with van der Waals surface area (Å²) in [5.74, 6) is -0.501. The smallest absolute Gasteiger partial charge is 0.367 e. The number of hydrogen-bond donors (Lipinski definition) is 1. The Labute approximate surface area is 138 Å². The van der Waals surface area contributed by atoms with Crippen LogP contribution in [0, 0.1) is 13.8 Å². The van der Waals surface area contributed by atoms with Gasteiger partial charge in [-0.25, -0.2) is 0 Å². The van der Waals surface area contributed by atoms with E-state index in [0.717, 1.165) is 28.8 Å². The van der Waals surface area contributed by atoms with Gasteiger partial charge in [-0.2, -0.15) is 13.2 Å². The number of carbonyl (C=O) groups excluding carboxylic acids is 1. The van der Waals surface area contributed by atoms with Crippen LogP contribution in [-0.2, 0) is 22.3 Å². The van der Waals surface area contributed by atoms with Crippen molar-refractivity contribution in [1.29, 1.82) is 0 Å². The molecule has 0 atom stereocenters. The maximum absolute atomic E-state index is 12.6. The van der Waals surface area contributed by atoms with Crippen molar-refractivity contribution < 1.29 is 22.7 Å². The molecule has 0 radical (unpaired) electrons. The van der Waals surface area contributed by atoms with Crippen LogP contribution in [0.1, 0.15) is 22.3 Å². The number of ether oxygens (including phenoxy) is 1. The normalized spacial score (nSPS) is 11.4. The second kappa shape index (κ2) is 7.49. The molecular formula is C18H18F3NO2. The summed E-state index contributed by atoms with van der Waals surface area (Å²) in [6.45, 7) is 3.97. The Morgan fingerprint density at radius 3 is 2.54 bits per heavy atom. The van der Waals surface area contributed by atoms with E-state index in [2.05, 4.69) is 5.32 Å². The van der Waals surface area contributed by atoms with Gasteiger partial charge in [0.05, 0.1) is 12.2 Å². The third-order valence-corrected chi connectivity index (χ3v) is 3.46. The van der Waals surface area contributed by atoms with Crippen LogP contribution in [0.15, 0.2) is 42.5 Å². The van der Waals surface area contributed by atoms with Crippen LogP contribution >= 0.6 is 0 Å². The zero-order chi connectivity index (χ0) is 17.7. The molecule has 0 aliphatic heterocycles. The maximum Gasteiger partial charge on any atom is 0.416 e. The van der Waals surface area contributed by atoms with Gasteiger partial charge in [0.1, 0.15) is 6.61 Å². The highest BCUT2D eigenvalue weighted by Crippen LogP contribution is 2.30. The minimum atomic E-state index is -4.44. The predicted octanol–water partition coefficient (Wildman–Crippen LogP) is 4.48. The Bertz CT molecular complexity index is 726. The van der Waals surface area contributed by atoms with Crippen molar-refractivity contribution in [3.63, 3.8) is 0 Å². The van der Waals surface area contributed by atoms with Crippen LogP contribution in [0.4, 0.5) is 18.9 Å². The molecule has 0 saturated carbocycles. The molecule has 1 amide bonds. The Morgan fingerprint density at radius 1 is 1.12 bits per heavy atom. The van der Waals surface area contributed by atoms with E-state index >= 15 is 0 Å². The zero-order valence-electron chi connectivity index (χ0n) is 13.4. The summed E-state index contributed by atoms with van der Waals surface area (Å²) >= 11 is 0. The van der Waals surface area contributed by atoms with E-state index in [9.17, 15) is 18.0 Å². The first kappa shape index (κ1) is 18.0. The van der Waals surface area contributed by atoms with Gasteiger partial charge in [-0.05, 0) is 43.2 Å². The number of hydrogen-bond acceptors (Lipinski definition) is 2. The molecule has 0 aromatic heterocycles. The number of halogens is 3. The average Bonchev–Trinajstić information content (AvgIpc) is 2.49. The molecule has 24 heavy (non-hydrogen) atoms. The molecule has 0 heterocycles. The lowest BCUT2D eigenvalue weighted by atomic mass is 10.1. The monoisotopic (exact) mass is 337 g/mol. The number of aryl methyl sites for hydroxylation is 2. The van der Waals surface area contributed by atoms with E-state index in [0.29, 0.717) is 0 Å². The van der Waals surface area contributed by atoms with Gasteiger partial charge < -0.3 is 10.1 Å². The van der Waals surface area contributed by atoms with Crippen LogP contribution < -0.4 is 5.32 Å². The van der Waals surface area contributed by atoms with Gasteiger partial charge >= 0.3 is 6.18 Å². The zero-order valence-corrected chi connectivity index (χ0v) is 13.4. The standard InChI is InChI=1S/C18H18F3NO2/c1-12-6-7-14(13(2)8-12)10-24-11-17(23)22-16-5-3-4-15(9-16)18(19,20)21/h3-9H,10-11H2,1-2H3,(H,22,23). The van der Waals surface area contributed by atoms with Crippen LogP contribution in [-0.4, -0.2) is 12.5 Å². The largest absolute Gasteiger partial charge is 0.416 e. The Hall–Kier alpha value is -2.34. The molecule has 2 rings (SSSR count). The highest BCUT2D eigenvalue weighted by molar-refractivity contribution is 5.91. The van der Waals surface area contributed by atoms with Crippen molar-refractivity contribution in [2.45, 2.75) is 26.6 Å². The number of alkyl halides is 3. The highest BCUT2D eigenvalue weighted by atomic mass is 19.4. The first-order valence-electron chi connectivity index (χ1n) is 7.36. The van der Waals surface area contributed by atoms with Crippen LogP contribution in [0.25, 0.3) is 0 Å². The minimum Gasteiger partial charge on any atom is -0.367 e. The lowest BCUT2D eigenvalue weighted by molar-refractivity contribution is -0.137. The number of carbonyl (C=O) groups is 1. The van der Waals surface area contributed by atoms with Crippen molar-refractivity contribution in [1.82, 2.24) is 0 Å². The summed E-state index contributed by atoms with van der Waals surface area (Å²) < 4.78 is 43.2. The molecule has 0 aliphatic carbocycles. The molecule has 2 aromatic carbocycles. The number of benzene rings is 2. The molecule has 6 heteroatoms. The first-order valence-corrected chi connectivity index (χ1v) is 7.36. The number of anilines is 1. The molecule has 2 aromatic rings. The SMILES string of the molecule is Cc1ccc(COCC(=O)Nc2cccc(C(F)(F)F)c2)c(C)c1. The third kappa shape index (κ3) is 5.09. The average molecular weight is 337 g/mol. The van der Waals surface area contributed by atoms with E-state index in [1.807, 2.05) is 32.0 Å². The fourth-order valence-electron chi connectivity index (χ4n) is 2.23. The summed E-state index contributed by atoms with van der Waals surface area (Å²) in [7, 11) is 0. The quantitative estimate of drug-likeness (QED) is 0.874. The molecule has 3 nitrogen and oxygen atoms in total. The second-order valence-corrected chi connectivity index (χ2v) is 5.55. The molecular weight excluding hydrogens is 319 g/mol. The number of nitrogens with one attached hydrogen (secondary N) is 1. The molecule has 0 spiro atoms. The Kier molecular flexibility index (Phi) is 5.62. The van der Waals surface area contributed by atoms with Gasteiger partial charge in [0.15, 0.2) is 0 Å². The Balaban J connectivity index is 1.87. The molecule has 0 unspecified atom stereocenters. The summed E-state index contributed by atoms with van der Waals surface area (Å²) in [6, 6.07) is 10.4. The van der Waals surface area contributed by atoms with Gasteiger partial charge in [-0.1, -0.05) is 29.8 Å². The lowest BCUT2D eigenvalue weighted by Gasteiger charge is -2.11. The van der Waals surface area contributed by atoms with Gasteiger partial charge in [0.2, 0.25) is 5.91 Å². The van der Waals surface area contributed by atoms with Crippen molar-refractivity contribution >= 4 is 11.6 Å². The van der Waals surface area contributed by atoms with E-state index < -0.39 is 17.6 Å². The fraction of sp³-hybridized carbons (Fsp3) is 0.278. The summed E-state index contributed by atoms with van der Waals surface area (Å²) in [4.78, 5) is 11.8. The van der Waals surface area contributed by atoms with Crippen molar-refractivity contribution in [2.24, 2.45) is 0 Å². The summed E-state index contributed by atoms with van der Waals surface area (Å²) in [6.07, 6.45) is -4.44. The van der Waals surface area contributed by atoms with Crippen LogP contribution in [0.3, 0.4) is 0 Å². The maximum atomic E-state index is 12.6. The Morgan fingerprint density at radius 2 is 1.88 bits per heavy atom. The minimum absolute atomic E-state index is 0.0879. The number of rotatable bonds is 5. The third-order valence-electron chi connectivity index (χ3n) is 3.46. The van der Waals surface area contributed by atoms with Gasteiger partial charge in [0.25, 0.3) is 0 Å². The van der Waals surface area contributed by atoms with E-state index in [1.165, 1.54) is 12.1 Å².